The largest absolute Gasteiger partial charge is 0.359 e. The highest BCUT2D eigenvalue weighted by molar-refractivity contribution is 4.93. The third-order valence-corrected chi connectivity index (χ3v) is 0.944. The van der Waals surface area contributed by atoms with Crippen molar-refractivity contribution in [2.24, 2.45) is 0 Å². The average molecular weight is 128 g/mol. The molecule has 0 rings (SSSR count). The van der Waals surface area contributed by atoms with Crippen molar-refractivity contribution in [1.29, 1.82) is 0 Å². The molecule has 2 heteroatoms. The van der Waals surface area contributed by atoms with E-state index < -0.39 is 0 Å². The Morgan fingerprint density at radius 1 is 1.67 bits per heavy atom. The number of rotatable bonds is 4. The summed E-state index contributed by atoms with van der Waals surface area (Å²) < 4.78 is 9.69. The first-order chi connectivity index (χ1) is 4.35. The average Bonchev–Trinajstić information content (AvgIpc) is 1.91. The SMILES string of the molecule is C#C[C@H](CC)OCOC. The maximum absolute atomic E-state index is 5.09. The maximum atomic E-state index is 5.09. The first kappa shape index (κ1) is 8.48. The first-order valence-electron chi connectivity index (χ1n) is 2.91. The highest BCUT2D eigenvalue weighted by Gasteiger charge is 1.98. The van der Waals surface area contributed by atoms with Crippen molar-refractivity contribution < 1.29 is 9.47 Å². The van der Waals surface area contributed by atoms with Gasteiger partial charge < -0.3 is 9.47 Å². The minimum atomic E-state index is -0.0926. The van der Waals surface area contributed by atoms with Gasteiger partial charge in [0.2, 0.25) is 0 Å². The Morgan fingerprint density at radius 2 is 2.33 bits per heavy atom. The number of hydrogen-bond donors (Lipinski definition) is 0. The van der Waals surface area contributed by atoms with Gasteiger partial charge in [0.15, 0.2) is 0 Å². The molecule has 0 heterocycles. The molecular weight excluding hydrogens is 116 g/mol. The zero-order chi connectivity index (χ0) is 7.11. The molecule has 2 nitrogen and oxygen atoms in total. The Hall–Kier alpha value is -0.520. The third-order valence-electron chi connectivity index (χ3n) is 0.944. The zero-order valence-electron chi connectivity index (χ0n) is 5.89. The van der Waals surface area contributed by atoms with Gasteiger partial charge in [0.1, 0.15) is 12.9 Å². The summed E-state index contributed by atoms with van der Waals surface area (Å²) in [6, 6.07) is 0. The predicted octanol–water partition coefficient (Wildman–Crippen LogP) is 1.02. The fraction of sp³-hybridized carbons (Fsp3) is 0.714. The van der Waals surface area contributed by atoms with Crippen molar-refractivity contribution in [3.63, 3.8) is 0 Å². The summed E-state index contributed by atoms with van der Waals surface area (Å²) in [6.45, 7) is 2.25. The van der Waals surface area contributed by atoms with E-state index in [-0.39, 0.29) is 12.9 Å². The molecule has 0 fully saturated rings. The lowest BCUT2D eigenvalue weighted by Gasteiger charge is -2.06. The lowest BCUT2D eigenvalue weighted by Crippen LogP contribution is -2.10. The van der Waals surface area contributed by atoms with Crippen molar-refractivity contribution >= 4 is 0 Å². The maximum Gasteiger partial charge on any atom is 0.148 e. The molecule has 0 aromatic carbocycles. The van der Waals surface area contributed by atoms with Crippen LogP contribution in [0.4, 0.5) is 0 Å². The third kappa shape index (κ3) is 4.01. The van der Waals surface area contributed by atoms with Crippen LogP contribution in [0, 0.1) is 12.3 Å². The standard InChI is InChI=1S/C7H12O2/c1-4-7(5-2)9-6-8-3/h1,7H,5-6H2,2-3H3/t7-/m1/s1. The summed E-state index contributed by atoms with van der Waals surface area (Å²) >= 11 is 0. The van der Waals surface area contributed by atoms with Crippen LogP contribution in [-0.2, 0) is 9.47 Å². The molecule has 0 N–H and O–H groups in total. The molecule has 0 saturated carbocycles. The molecular formula is C7H12O2. The highest BCUT2D eigenvalue weighted by Crippen LogP contribution is 1.94. The topological polar surface area (TPSA) is 18.5 Å². The summed E-state index contributed by atoms with van der Waals surface area (Å²) in [4.78, 5) is 0. The summed E-state index contributed by atoms with van der Waals surface area (Å²) in [7, 11) is 1.57. The number of hydrogen-bond acceptors (Lipinski definition) is 2. The van der Waals surface area contributed by atoms with Crippen LogP contribution in [0.2, 0.25) is 0 Å². The molecule has 52 valence electrons. The zero-order valence-corrected chi connectivity index (χ0v) is 5.89. The van der Waals surface area contributed by atoms with Crippen molar-refractivity contribution in [2.45, 2.75) is 19.4 Å². The van der Waals surface area contributed by atoms with Gasteiger partial charge in [0.25, 0.3) is 0 Å². The molecule has 0 spiro atoms. The van der Waals surface area contributed by atoms with E-state index in [4.69, 9.17) is 11.2 Å². The molecule has 0 aromatic rings. The smallest absolute Gasteiger partial charge is 0.148 e. The Labute approximate surface area is 56.2 Å². The second kappa shape index (κ2) is 5.61. The second-order valence-corrected chi connectivity index (χ2v) is 1.64. The van der Waals surface area contributed by atoms with Gasteiger partial charge >= 0.3 is 0 Å². The molecule has 0 saturated heterocycles. The van der Waals surface area contributed by atoms with Crippen molar-refractivity contribution in [3.8, 4) is 12.3 Å². The van der Waals surface area contributed by atoms with Gasteiger partial charge in [0.05, 0.1) is 0 Å². The van der Waals surface area contributed by atoms with E-state index >= 15 is 0 Å². The van der Waals surface area contributed by atoms with Crippen LogP contribution in [0.15, 0.2) is 0 Å². The van der Waals surface area contributed by atoms with Crippen LogP contribution in [0.25, 0.3) is 0 Å². The van der Waals surface area contributed by atoms with Crippen LogP contribution < -0.4 is 0 Å². The number of terminal acetylenes is 1. The van der Waals surface area contributed by atoms with E-state index in [9.17, 15) is 0 Å². The van der Waals surface area contributed by atoms with Crippen molar-refractivity contribution in [2.75, 3.05) is 13.9 Å². The fourth-order valence-corrected chi connectivity index (χ4v) is 0.434. The van der Waals surface area contributed by atoms with Crippen molar-refractivity contribution in [3.05, 3.63) is 0 Å². The first-order valence-corrected chi connectivity index (χ1v) is 2.91. The second-order valence-electron chi connectivity index (χ2n) is 1.64. The Bertz CT molecular complexity index is 93.6. The Kier molecular flexibility index (Phi) is 5.29. The van der Waals surface area contributed by atoms with Gasteiger partial charge in [-0.2, -0.15) is 0 Å². The lowest BCUT2D eigenvalue weighted by atomic mass is 10.3. The summed E-state index contributed by atoms with van der Waals surface area (Å²) in [5.41, 5.74) is 0. The van der Waals surface area contributed by atoms with E-state index in [2.05, 4.69) is 10.7 Å². The quantitative estimate of drug-likeness (QED) is 0.415. The van der Waals surface area contributed by atoms with Crippen LogP contribution >= 0.6 is 0 Å². The van der Waals surface area contributed by atoms with Gasteiger partial charge in [-0.05, 0) is 6.42 Å². The minimum Gasteiger partial charge on any atom is -0.359 e. The Morgan fingerprint density at radius 3 is 2.67 bits per heavy atom. The van der Waals surface area contributed by atoms with Crippen LogP contribution in [0.1, 0.15) is 13.3 Å². The normalized spacial score (nSPS) is 12.6. The van der Waals surface area contributed by atoms with Crippen LogP contribution in [0.3, 0.4) is 0 Å². The van der Waals surface area contributed by atoms with Gasteiger partial charge in [-0.3, -0.25) is 0 Å². The van der Waals surface area contributed by atoms with E-state index in [1.54, 1.807) is 7.11 Å². The summed E-state index contributed by atoms with van der Waals surface area (Å²) in [5.74, 6) is 2.48. The van der Waals surface area contributed by atoms with Gasteiger partial charge in [0, 0.05) is 7.11 Å². The van der Waals surface area contributed by atoms with E-state index in [0.29, 0.717) is 0 Å². The lowest BCUT2D eigenvalue weighted by molar-refractivity contribution is -0.0529. The molecule has 0 unspecified atom stereocenters. The van der Waals surface area contributed by atoms with Crippen LogP contribution in [0.5, 0.6) is 0 Å². The molecule has 0 radical (unpaired) electrons. The summed E-state index contributed by atoms with van der Waals surface area (Å²) in [6.07, 6.45) is 5.83. The summed E-state index contributed by atoms with van der Waals surface area (Å²) in [5, 5.41) is 0. The number of methoxy groups -OCH3 is 1. The van der Waals surface area contributed by atoms with Gasteiger partial charge in [-0.1, -0.05) is 12.8 Å². The predicted molar refractivity (Wildman–Crippen MR) is 35.9 cm³/mol. The molecule has 0 aliphatic rings. The van der Waals surface area contributed by atoms with E-state index in [1.165, 1.54) is 0 Å². The molecule has 0 amide bonds. The molecule has 9 heavy (non-hydrogen) atoms. The number of ether oxygens (including phenoxy) is 2. The minimum absolute atomic E-state index is 0.0926. The van der Waals surface area contributed by atoms with Crippen LogP contribution in [-0.4, -0.2) is 20.0 Å². The van der Waals surface area contributed by atoms with Gasteiger partial charge in [-0.25, -0.2) is 0 Å². The molecule has 0 aliphatic carbocycles. The molecule has 0 aliphatic heterocycles. The highest BCUT2D eigenvalue weighted by atomic mass is 16.7. The molecule has 0 aromatic heterocycles. The van der Waals surface area contributed by atoms with E-state index in [1.807, 2.05) is 6.92 Å². The Balaban J connectivity index is 3.23. The fourth-order valence-electron chi connectivity index (χ4n) is 0.434. The van der Waals surface area contributed by atoms with Gasteiger partial charge in [-0.15, -0.1) is 6.42 Å². The monoisotopic (exact) mass is 128 g/mol. The van der Waals surface area contributed by atoms with E-state index in [0.717, 1.165) is 6.42 Å². The van der Waals surface area contributed by atoms with Crippen molar-refractivity contribution in [1.82, 2.24) is 0 Å². The molecule has 1 atom stereocenters. The molecule has 0 bridgehead atoms.